The van der Waals surface area contributed by atoms with Crippen LogP contribution in [-0.4, -0.2) is 16.6 Å². The lowest BCUT2D eigenvalue weighted by Gasteiger charge is -2.03. The summed E-state index contributed by atoms with van der Waals surface area (Å²) in [5, 5.41) is 3.81. The Hall–Kier alpha value is -2.42. The number of halogens is 1. The van der Waals surface area contributed by atoms with Gasteiger partial charge >= 0.3 is 0 Å². The van der Waals surface area contributed by atoms with E-state index in [0.717, 1.165) is 5.56 Å². The minimum Gasteiger partial charge on any atom is -0.431 e. The highest BCUT2D eigenvalue weighted by Crippen LogP contribution is 2.25. The Bertz CT molecular complexity index is 897. The predicted octanol–water partition coefficient (Wildman–Crippen LogP) is 4.19. The zero-order chi connectivity index (χ0) is 16.2. The van der Waals surface area contributed by atoms with Gasteiger partial charge in [-0.1, -0.05) is 29.3 Å². The van der Waals surface area contributed by atoms with Gasteiger partial charge in [0.1, 0.15) is 5.52 Å². The number of amides is 1. The van der Waals surface area contributed by atoms with Gasteiger partial charge in [0, 0.05) is 16.3 Å². The highest BCUT2D eigenvalue weighted by molar-refractivity contribution is 7.99. The summed E-state index contributed by atoms with van der Waals surface area (Å²) in [6.07, 6.45) is 5.29. The lowest BCUT2D eigenvalue weighted by Crippen LogP contribution is -2.13. The van der Waals surface area contributed by atoms with Gasteiger partial charge in [-0.25, -0.2) is 4.98 Å². The van der Waals surface area contributed by atoms with Crippen LogP contribution in [0.5, 0.6) is 0 Å². The zero-order valence-corrected chi connectivity index (χ0v) is 13.4. The molecule has 0 radical (unpaired) electrons. The topological polar surface area (TPSA) is 55.1 Å². The largest absolute Gasteiger partial charge is 0.431 e. The fourth-order valence-electron chi connectivity index (χ4n) is 1.92. The van der Waals surface area contributed by atoms with Crippen LogP contribution in [0.25, 0.3) is 11.1 Å². The second kappa shape index (κ2) is 6.78. The third-order valence-corrected chi connectivity index (χ3v) is 4.06. The van der Waals surface area contributed by atoms with E-state index in [9.17, 15) is 4.79 Å². The monoisotopic (exact) mass is 342 g/mol. The Kier molecular flexibility index (Phi) is 4.56. The second-order valence-corrected chi connectivity index (χ2v) is 6.01. The molecule has 0 unspecified atom stereocenters. The number of oxazole rings is 1. The number of carbonyl (C=O) groups is 1. The Morgan fingerprint density at radius 1 is 1.30 bits per heavy atom. The number of terminal acetylenes is 1. The lowest BCUT2D eigenvalue weighted by atomic mass is 10.2. The van der Waals surface area contributed by atoms with Crippen molar-refractivity contribution in [2.45, 2.75) is 5.22 Å². The third kappa shape index (κ3) is 3.86. The standard InChI is InChI=1S/C17H11ClN2O2S/c1-2-11-3-6-13(7-4-11)19-16(21)10-23-17-20-14-9-12(18)5-8-15(14)22-17/h1,3-9H,10H2,(H,19,21). The lowest BCUT2D eigenvalue weighted by molar-refractivity contribution is -0.113. The first-order valence-corrected chi connectivity index (χ1v) is 8.06. The first-order valence-electron chi connectivity index (χ1n) is 6.69. The molecule has 0 saturated carbocycles. The molecule has 3 aromatic rings. The number of benzene rings is 2. The first-order chi connectivity index (χ1) is 11.1. The van der Waals surface area contributed by atoms with Gasteiger partial charge in [-0.3, -0.25) is 4.79 Å². The Labute approximate surface area is 142 Å². The maximum absolute atomic E-state index is 11.9. The van der Waals surface area contributed by atoms with Gasteiger partial charge in [-0.05, 0) is 42.5 Å². The summed E-state index contributed by atoms with van der Waals surface area (Å²) in [6, 6.07) is 12.3. The smallest absolute Gasteiger partial charge is 0.257 e. The maximum atomic E-state index is 11.9. The van der Waals surface area contributed by atoms with E-state index in [0.29, 0.717) is 27.0 Å². The van der Waals surface area contributed by atoms with Crippen LogP contribution in [0.1, 0.15) is 5.56 Å². The van der Waals surface area contributed by atoms with Crippen molar-refractivity contribution in [3.05, 3.63) is 53.1 Å². The first kappa shape index (κ1) is 15.5. The molecule has 1 amide bonds. The molecule has 1 heterocycles. The zero-order valence-electron chi connectivity index (χ0n) is 11.9. The number of anilines is 1. The van der Waals surface area contributed by atoms with Crippen LogP contribution in [0.15, 0.2) is 52.1 Å². The van der Waals surface area contributed by atoms with E-state index in [2.05, 4.69) is 16.2 Å². The number of fused-ring (bicyclic) bond motifs is 1. The molecule has 0 bridgehead atoms. The molecule has 3 rings (SSSR count). The minimum atomic E-state index is -0.149. The van der Waals surface area contributed by atoms with Gasteiger partial charge < -0.3 is 9.73 Å². The average molecular weight is 343 g/mol. The molecule has 114 valence electrons. The number of rotatable bonds is 4. The van der Waals surface area contributed by atoms with E-state index < -0.39 is 0 Å². The maximum Gasteiger partial charge on any atom is 0.257 e. The van der Waals surface area contributed by atoms with E-state index >= 15 is 0 Å². The van der Waals surface area contributed by atoms with Gasteiger partial charge in [-0.2, -0.15) is 0 Å². The Balaban J connectivity index is 1.60. The number of hydrogen-bond acceptors (Lipinski definition) is 4. The van der Waals surface area contributed by atoms with Crippen LogP contribution in [-0.2, 0) is 4.79 Å². The molecule has 6 heteroatoms. The Morgan fingerprint density at radius 3 is 2.83 bits per heavy atom. The van der Waals surface area contributed by atoms with Crippen LogP contribution < -0.4 is 5.32 Å². The van der Waals surface area contributed by atoms with E-state index in [1.54, 1.807) is 42.5 Å². The van der Waals surface area contributed by atoms with E-state index in [1.165, 1.54) is 11.8 Å². The molecule has 1 N–H and O–H groups in total. The third-order valence-electron chi connectivity index (χ3n) is 2.99. The molecule has 0 spiro atoms. The SMILES string of the molecule is C#Cc1ccc(NC(=O)CSc2nc3cc(Cl)ccc3o2)cc1. The molecule has 23 heavy (non-hydrogen) atoms. The van der Waals surface area contributed by atoms with Crippen LogP contribution in [0.3, 0.4) is 0 Å². The summed E-state index contributed by atoms with van der Waals surface area (Å²) < 4.78 is 5.54. The van der Waals surface area contributed by atoms with Crippen molar-refractivity contribution in [1.29, 1.82) is 0 Å². The van der Waals surface area contributed by atoms with Crippen LogP contribution in [0.2, 0.25) is 5.02 Å². The fourth-order valence-corrected chi connectivity index (χ4v) is 2.72. The number of hydrogen-bond donors (Lipinski definition) is 1. The van der Waals surface area contributed by atoms with Crippen molar-refractivity contribution in [2.24, 2.45) is 0 Å². The van der Waals surface area contributed by atoms with E-state index in [1.807, 2.05) is 0 Å². The van der Waals surface area contributed by atoms with Crippen molar-refractivity contribution in [1.82, 2.24) is 4.98 Å². The molecule has 0 aliphatic carbocycles. The molecule has 0 atom stereocenters. The van der Waals surface area contributed by atoms with Gasteiger partial charge in [-0.15, -0.1) is 6.42 Å². The molecule has 0 aliphatic rings. The summed E-state index contributed by atoms with van der Waals surface area (Å²) in [5.41, 5.74) is 2.77. The summed E-state index contributed by atoms with van der Waals surface area (Å²) in [6.45, 7) is 0. The van der Waals surface area contributed by atoms with Gasteiger partial charge in [0.05, 0.1) is 5.75 Å². The quantitative estimate of drug-likeness (QED) is 0.570. The molecule has 0 fully saturated rings. The van der Waals surface area contributed by atoms with E-state index in [4.69, 9.17) is 22.4 Å². The Morgan fingerprint density at radius 2 is 2.09 bits per heavy atom. The molecule has 0 saturated heterocycles. The number of thioether (sulfide) groups is 1. The molecule has 2 aromatic carbocycles. The van der Waals surface area contributed by atoms with Crippen molar-refractivity contribution >= 4 is 46.1 Å². The van der Waals surface area contributed by atoms with Gasteiger partial charge in [0.15, 0.2) is 5.58 Å². The predicted molar refractivity (Wildman–Crippen MR) is 92.7 cm³/mol. The van der Waals surface area contributed by atoms with Gasteiger partial charge in [0.25, 0.3) is 5.22 Å². The summed E-state index contributed by atoms with van der Waals surface area (Å²) >= 11 is 7.12. The number of carbonyl (C=O) groups excluding carboxylic acids is 1. The molecular formula is C17H11ClN2O2S. The normalized spacial score (nSPS) is 10.4. The number of nitrogens with zero attached hydrogens (tertiary/aromatic N) is 1. The fraction of sp³-hybridized carbons (Fsp3) is 0.0588. The van der Waals surface area contributed by atoms with Crippen LogP contribution in [0, 0.1) is 12.3 Å². The molecule has 1 aromatic heterocycles. The summed E-state index contributed by atoms with van der Waals surface area (Å²) in [4.78, 5) is 16.2. The highest BCUT2D eigenvalue weighted by Gasteiger charge is 2.10. The van der Waals surface area contributed by atoms with Crippen molar-refractivity contribution in [3.63, 3.8) is 0 Å². The van der Waals surface area contributed by atoms with Crippen molar-refractivity contribution < 1.29 is 9.21 Å². The van der Waals surface area contributed by atoms with Crippen molar-refractivity contribution in [3.8, 4) is 12.3 Å². The van der Waals surface area contributed by atoms with Crippen LogP contribution >= 0.6 is 23.4 Å². The minimum absolute atomic E-state index is 0.149. The highest BCUT2D eigenvalue weighted by atomic mass is 35.5. The van der Waals surface area contributed by atoms with Crippen molar-refractivity contribution in [2.75, 3.05) is 11.1 Å². The molecule has 4 nitrogen and oxygen atoms in total. The van der Waals surface area contributed by atoms with Gasteiger partial charge in [0.2, 0.25) is 5.91 Å². The summed E-state index contributed by atoms with van der Waals surface area (Å²) in [5.74, 6) is 2.57. The number of aromatic nitrogens is 1. The number of nitrogens with one attached hydrogen (secondary N) is 1. The molecule has 0 aliphatic heterocycles. The molecular weight excluding hydrogens is 332 g/mol. The average Bonchev–Trinajstić information content (AvgIpc) is 2.95. The summed E-state index contributed by atoms with van der Waals surface area (Å²) in [7, 11) is 0. The van der Waals surface area contributed by atoms with Crippen LogP contribution in [0.4, 0.5) is 5.69 Å². The van der Waals surface area contributed by atoms with E-state index in [-0.39, 0.29) is 11.7 Å². The second-order valence-electron chi connectivity index (χ2n) is 4.65.